The van der Waals surface area contributed by atoms with Gasteiger partial charge in [-0.3, -0.25) is 0 Å². The molecule has 0 saturated heterocycles. The lowest BCUT2D eigenvalue weighted by Crippen LogP contribution is -2.13. The van der Waals surface area contributed by atoms with Crippen molar-refractivity contribution in [2.24, 2.45) is 5.92 Å². The van der Waals surface area contributed by atoms with Gasteiger partial charge in [0, 0.05) is 12.5 Å². The summed E-state index contributed by atoms with van der Waals surface area (Å²) in [5, 5.41) is 9.34. The van der Waals surface area contributed by atoms with Gasteiger partial charge in [0.15, 0.2) is 0 Å². The third kappa shape index (κ3) is 3.23. The van der Waals surface area contributed by atoms with Gasteiger partial charge in [-0.05, 0) is 30.1 Å². The number of thioether (sulfide) groups is 1. The number of carbonyl (C=O) groups is 1. The standard InChI is InChI=1S/C16H22N2O2S/c1-10(2)15-17-14-12(16(19)20)6-5-7-13(14)18(15)8-11(3)9-21-4/h5-7,10-11H,8-9H2,1-4H3,(H,19,20). The van der Waals surface area contributed by atoms with Crippen molar-refractivity contribution < 1.29 is 9.90 Å². The van der Waals surface area contributed by atoms with Gasteiger partial charge in [-0.25, -0.2) is 9.78 Å². The summed E-state index contributed by atoms with van der Waals surface area (Å²) >= 11 is 1.83. The Hall–Kier alpha value is -1.49. The molecular formula is C16H22N2O2S. The van der Waals surface area contributed by atoms with Gasteiger partial charge in [0.05, 0.1) is 11.1 Å². The van der Waals surface area contributed by atoms with Crippen molar-refractivity contribution in [2.75, 3.05) is 12.0 Å². The highest BCUT2D eigenvalue weighted by molar-refractivity contribution is 7.98. The molecule has 1 unspecified atom stereocenters. The zero-order valence-corrected chi connectivity index (χ0v) is 13.8. The second kappa shape index (κ2) is 6.52. The molecule has 0 aliphatic carbocycles. The van der Waals surface area contributed by atoms with E-state index < -0.39 is 5.97 Å². The molecule has 0 aliphatic heterocycles. The van der Waals surface area contributed by atoms with Crippen LogP contribution in [0.5, 0.6) is 0 Å². The van der Waals surface area contributed by atoms with Crippen LogP contribution in [0.25, 0.3) is 11.0 Å². The Labute approximate surface area is 129 Å². The van der Waals surface area contributed by atoms with E-state index in [0.29, 0.717) is 11.4 Å². The van der Waals surface area contributed by atoms with E-state index in [1.54, 1.807) is 12.1 Å². The number of para-hydroxylation sites is 1. The van der Waals surface area contributed by atoms with Crippen LogP contribution in [0.2, 0.25) is 0 Å². The van der Waals surface area contributed by atoms with Crippen LogP contribution in [0.1, 0.15) is 42.9 Å². The van der Waals surface area contributed by atoms with Crippen LogP contribution < -0.4 is 0 Å². The number of benzene rings is 1. The third-order valence-electron chi connectivity index (χ3n) is 3.50. The van der Waals surface area contributed by atoms with Crippen LogP contribution in [0.15, 0.2) is 18.2 Å². The lowest BCUT2D eigenvalue weighted by molar-refractivity contribution is 0.0699. The van der Waals surface area contributed by atoms with Crippen molar-refractivity contribution >= 4 is 28.8 Å². The zero-order valence-electron chi connectivity index (χ0n) is 13.0. The molecule has 1 aromatic carbocycles. The van der Waals surface area contributed by atoms with E-state index >= 15 is 0 Å². The first-order chi connectivity index (χ1) is 9.95. The number of aromatic nitrogens is 2. The second-order valence-electron chi connectivity index (χ2n) is 5.77. The molecule has 21 heavy (non-hydrogen) atoms. The lowest BCUT2D eigenvalue weighted by Gasteiger charge is -2.16. The van der Waals surface area contributed by atoms with E-state index in [2.05, 4.69) is 36.6 Å². The maximum absolute atomic E-state index is 11.4. The number of imidazole rings is 1. The molecule has 0 radical (unpaired) electrons. The molecule has 0 bridgehead atoms. The number of nitrogens with zero attached hydrogens (tertiary/aromatic N) is 2. The Morgan fingerprint density at radius 3 is 2.67 bits per heavy atom. The SMILES string of the molecule is CSCC(C)Cn1c(C(C)C)nc2c(C(=O)O)cccc21. The lowest BCUT2D eigenvalue weighted by atomic mass is 10.1. The summed E-state index contributed by atoms with van der Waals surface area (Å²) in [5.74, 6) is 1.91. The van der Waals surface area contributed by atoms with Gasteiger partial charge in [0.2, 0.25) is 0 Å². The number of hydrogen-bond acceptors (Lipinski definition) is 3. The summed E-state index contributed by atoms with van der Waals surface area (Å²) in [6.07, 6.45) is 2.11. The highest BCUT2D eigenvalue weighted by atomic mass is 32.2. The Balaban J connectivity index is 2.58. The summed E-state index contributed by atoms with van der Waals surface area (Å²) in [6.45, 7) is 7.27. The Bertz CT molecular complexity index is 649. The molecule has 1 aromatic heterocycles. The van der Waals surface area contributed by atoms with Gasteiger partial charge in [0.25, 0.3) is 0 Å². The monoisotopic (exact) mass is 306 g/mol. The molecule has 5 heteroatoms. The van der Waals surface area contributed by atoms with E-state index in [4.69, 9.17) is 0 Å². The number of carboxylic acid groups (broad SMARTS) is 1. The summed E-state index contributed by atoms with van der Waals surface area (Å²) in [6, 6.07) is 5.39. The fourth-order valence-corrected chi connectivity index (χ4v) is 3.29. The minimum Gasteiger partial charge on any atom is -0.478 e. The van der Waals surface area contributed by atoms with Crippen LogP contribution in [0, 0.1) is 5.92 Å². The molecule has 0 aliphatic rings. The predicted molar refractivity (Wildman–Crippen MR) is 88.3 cm³/mol. The molecule has 114 valence electrons. The fourth-order valence-electron chi connectivity index (χ4n) is 2.62. The third-order valence-corrected chi connectivity index (χ3v) is 4.40. The average molecular weight is 306 g/mol. The van der Waals surface area contributed by atoms with Gasteiger partial charge in [-0.15, -0.1) is 0 Å². The molecule has 1 heterocycles. The van der Waals surface area contributed by atoms with Gasteiger partial charge in [0.1, 0.15) is 11.3 Å². The molecule has 0 fully saturated rings. The Kier molecular flexibility index (Phi) is 4.93. The molecule has 0 spiro atoms. The molecule has 1 atom stereocenters. The fraction of sp³-hybridized carbons (Fsp3) is 0.500. The molecular weight excluding hydrogens is 284 g/mol. The van der Waals surface area contributed by atoms with E-state index in [1.165, 1.54) is 0 Å². The molecule has 1 N–H and O–H groups in total. The van der Waals surface area contributed by atoms with E-state index in [9.17, 15) is 9.90 Å². The van der Waals surface area contributed by atoms with Crippen LogP contribution in [0.3, 0.4) is 0 Å². The summed E-state index contributed by atoms with van der Waals surface area (Å²) in [4.78, 5) is 16.0. The first kappa shape index (κ1) is 15.9. The smallest absolute Gasteiger partial charge is 0.337 e. The van der Waals surface area contributed by atoms with Gasteiger partial charge in [-0.1, -0.05) is 26.8 Å². The first-order valence-electron chi connectivity index (χ1n) is 7.17. The molecule has 2 aromatic rings. The quantitative estimate of drug-likeness (QED) is 0.880. The van der Waals surface area contributed by atoms with Gasteiger partial charge < -0.3 is 9.67 Å². The Morgan fingerprint density at radius 1 is 1.38 bits per heavy atom. The maximum atomic E-state index is 11.4. The van der Waals surface area contributed by atoms with Crippen molar-refractivity contribution in [3.63, 3.8) is 0 Å². The van der Waals surface area contributed by atoms with Gasteiger partial charge >= 0.3 is 5.97 Å². The minimum absolute atomic E-state index is 0.264. The summed E-state index contributed by atoms with van der Waals surface area (Å²) in [5.41, 5.74) is 1.81. The van der Waals surface area contributed by atoms with Crippen LogP contribution >= 0.6 is 11.8 Å². The van der Waals surface area contributed by atoms with E-state index in [0.717, 1.165) is 23.6 Å². The van der Waals surface area contributed by atoms with Gasteiger partial charge in [-0.2, -0.15) is 11.8 Å². The molecule has 2 rings (SSSR count). The first-order valence-corrected chi connectivity index (χ1v) is 8.56. The van der Waals surface area contributed by atoms with E-state index in [-0.39, 0.29) is 11.5 Å². The topological polar surface area (TPSA) is 55.1 Å². The number of fused-ring (bicyclic) bond motifs is 1. The highest BCUT2D eigenvalue weighted by Gasteiger charge is 2.19. The zero-order chi connectivity index (χ0) is 15.6. The van der Waals surface area contributed by atoms with Crippen molar-refractivity contribution in [1.29, 1.82) is 0 Å². The number of carboxylic acids is 1. The van der Waals surface area contributed by atoms with Crippen molar-refractivity contribution in [3.05, 3.63) is 29.6 Å². The van der Waals surface area contributed by atoms with Crippen molar-refractivity contribution in [1.82, 2.24) is 9.55 Å². The number of rotatable bonds is 6. The number of aromatic carboxylic acids is 1. The predicted octanol–water partition coefficient (Wildman–Crippen LogP) is 3.86. The normalized spacial score (nSPS) is 13.0. The minimum atomic E-state index is -0.919. The summed E-state index contributed by atoms with van der Waals surface area (Å²) in [7, 11) is 0. The average Bonchev–Trinajstić information content (AvgIpc) is 2.77. The van der Waals surface area contributed by atoms with E-state index in [1.807, 2.05) is 17.8 Å². The van der Waals surface area contributed by atoms with Crippen molar-refractivity contribution in [3.8, 4) is 0 Å². The maximum Gasteiger partial charge on any atom is 0.337 e. The van der Waals surface area contributed by atoms with Crippen LogP contribution in [0.4, 0.5) is 0 Å². The van der Waals surface area contributed by atoms with Crippen molar-refractivity contribution in [2.45, 2.75) is 33.2 Å². The molecule has 0 amide bonds. The Morgan fingerprint density at radius 2 is 2.10 bits per heavy atom. The largest absolute Gasteiger partial charge is 0.478 e. The number of hydrogen-bond donors (Lipinski definition) is 1. The summed E-state index contributed by atoms with van der Waals surface area (Å²) < 4.78 is 2.19. The second-order valence-corrected chi connectivity index (χ2v) is 6.68. The highest BCUT2D eigenvalue weighted by Crippen LogP contribution is 2.26. The van der Waals surface area contributed by atoms with Crippen LogP contribution in [-0.2, 0) is 6.54 Å². The molecule has 4 nitrogen and oxygen atoms in total. The van der Waals surface area contributed by atoms with Crippen LogP contribution in [-0.4, -0.2) is 32.6 Å². The molecule has 0 saturated carbocycles.